The predicted molar refractivity (Wildman–Crippen MR) is 104 cm³/mol. The van der Waals surface area contributed by atoms with Gasteiger partial charge in [-0.15, -0.1) is 0 Å². The van der Waals surface area contributed by atoms with Crippen LogP contribution in [0, 0.1) is 6.92 Å². The van der Waals surface area contributed by atoms with Gasteiger partial charge in [-0.1, -0.05) is 45.8 Å². The van der Waals surface area contributed by atoms with Gasteiger partial charge < -0.3 is 10.1 Å². The molecule has 5 nitrogen and oxygen atoms in total. The summed E-state index contributed by atoms with van der Waals surface area (Å²) in [6, 6.07) is 12.9. The van der Waals surface area contributed by atoms with Gasteiger partial charge in [0, 0.05) is 10.0 Å². The molecule has 26 heavy (non-hydrogen) atoms. The third kappa shape index (κ3) is 3.96. The number of nitrogens with one attached hydrogen (secondary N) is 1. The Morgan fingerprint density at radius 3 is 2.58 bits per heavy atom. The van der Waals surface area contributed by atoms with Crippen molar-refractivity contribution in [2.24, 2.45) is 0 Å². The molecule has 1 aliphatic rings. The highest BCUT2D eigenvalue weighted by Gasteiger charge is 2.33. The molecular weight excluding hydrogens is 396 g/mol. The fourth-order valence-electron chi connectivity index (χ4n) is 2.67. The van der Waals surface area contributed by atoms with Gasteiger partial charge in [-0.2, -0.15) is 0 Å². The van der Waals surface area contributed by atoms with E-state index in [1.54, 1.807) is 6.08 Å². The number of rotatable bonds is 5. The average Bonchev–Trinajstić information content (AvgIpc) is 2.87. The first-order chi connectivity index (χ1) is 12.5. The first-order valence-electron chi connectivity index (χ1n) is 8.30. The highest BCUT2D eigenvalue weighted by atomic mass is 79.9. The van der Waals surface area contributed by atoms with Crippen molar-refractivity contribution in [3.63, 3.8) is 0 Å². The lowest BCUT2D eigenvalue weighted by molar-refractivity contribution is -0.123. The molecule has 0 unspecified atom stereocenters. The minimum absolute atomic E-state index is 0.235. The number of amides is 3. The molecule has 0 radical (unpaired) electrons. The molecule has 3 rings (SSSR count). The number of ether oxygens (including phenoxy) is 1. The molecule has 0 atom stereocenters. The number of imide groups is 1. The average molecular weight is 415 g/mol. The van der Waals surface area contributed by atoms with Gasteiger partial charge in [0.1, 0.15) is 11.4 Å². The third-order valence-corrected chi connectivity index (χ3v) is 4.49. The van der Waals surface area contributed by atoms with Crippen LogP contribution in [-0.2, 0) is 11.3 Å². The van der Waals surface area contributed by atoms with Crippen LogP contribution >= 0.6 is 15.9 Å². The monoisotopic (exact) mass is 414 g/mol. The molecule has 0 saturated carbocycles. The van der Waals surface area contributed by atoms with E-state index in [1.807, 2.05) is 56.3 Å². The molecule has 3 amide bonds. The fraction of sp³-hybridized carbons (Fsp3) is 0.200. The van der Waals surface area contributed by atoms with Crippen molar-refractivity contribution in [3.8, 4) is 5.75 Å². The minimum atomic E-state index is -0.421. The van der Waals surface area contributed by atoms with E-state index >= 15 is 0 Å². The van der Waals surface area contributed by atoms with Crippen molar-refractivity contribution < 1.29 is 14.3 Å². The Bertz CT molecular complexity index is 875. The fourth-order valence-corrected chi connectivity index (χ4v) is 3.04. The van der Waals surface area contributed by atoms with Gasteiger partial charge in [0.05, 0.1) is 13.2 Å². The van der Waals surface area contributed by atoms with Crippen LogP contribution in [-0.4, -0.2) is 23.4 Å². The smallest absolute Gasteiger partial charge is 0.329 e. The van der Waals surface area contributed by atoms with E-state index in [2.05, 4.69) is 21.2 Å². The number of halogens is 1. The lowest BCUT2D eigenvalue weighted by Gasteiger charge is -2.12. The number of carbonyl (C=O) groups is 2. The summed E-state index contributed by atoms with van der Waals surface area (Å²) in [6.07, 6.45) is 1.64. The van der Waals surface area contributed by atoms with Crippen LogP contribution in [0.2, 0.25) is 0 Å². The van der Waals surface area contributed by atoms with Gasteiger partial charge in [-0.25, -0.2) is 4.79 Å². The van der Waals surface area contributed by atoms with E-state index in [1.165, 1.54) is 4.90 Å². The zero-order chi connectivity index (χ0) is 18.7. The highest BCUT2D eigenvalue weighted by Crippen LogP contribution is 2.27. The van der Waals surface area contributed by atoms with Crippen molar-refractivity contribution in [2.45, 2.75) is 20.4 Å². The Kier molecular flexibility index (Phi) is 5.42. The Labute approximate surface area is 160 Å². The summed E-state index contributed by atoms with van der Waals surface area (Å²) in [7, 11) is 0. The van der Waals surface area contributed by atoms with Crippen LogP contribution in [0.4, 0.5) is 4.79 Å². The van der Waals surface area contributed by atoms with E-state index in [0.717, 1.165) is 21.2 Å². The van der Waals surface area contributed by atoms with Crippen LogP contribution in [0.5, 0.6) is 5.75 Å². The van der Waals surface area contributed by atoms with Gasteiger partial charge >= 0.3 is 6.03 Å². The molecule has 0 aliphatic carbocycles. The van der Waals surface area contributed by atoms with Crippen molar-refractivity contribution >= 4 is 33.9 Å². The summed E-state index contributed by atoms with van der Waals surface area (Å²) in [6.45, 7) is 4.63. The maximum absolute atomic E-state index is 12.7. The molecular formula is C20H19BrN2O3. The van der Waals surface area contributed by atoms with Crippen molar-refractivity contribution in [1.82, 2.24) is 10.2 Å². The van der Waals surface area contributed by atoms with Gasteiger partial charge in [-0.3, -0.25) is 9.69 Å². The molecule has 1 aliphatic heterocycles. The predicted octanol–water partition coefficient (Wildman–Crippen LogP) is 4.25. The van der Waals surface area contributed by atoms with E-state index < -0.39 is 6.03 Å². The quantitative estimate of drug-likeness (QED) is 0.587. The summed E-state index contributed by atoms with van der Waals surface area (Å²) in [4.78, 5) is 26.1. The summed E-state index contributed by atoms with van der Waals surface area (Å²) >= 11 is 3.42. The third-order valence-electron chi connectivity index (χ3n) is 4.00. The summed E-state index contributed by atoms with van der Waals surface area (Å²) in [5, 5.41) is 2.65. The molecule has 1 fully saturated rings. The standard InChI is InChI=1S/C20H19BrN2O3/c1-3-26-18-9-8-16(21)10-15(18)11-17-19(24)23(20(25)22-17)12-14-6-4-13(2)5-7-14/h4-11H,3,12H2,1-2H3,(H,22,25)/b17-11+. The zero-order valence-corrected chi connectivity index (χ0v) is 16.2. The number of nitrogens with zero attached hydrogens (tertiary/aromatic N) is 1. The molecule has 1 heterocycles. The van der Waals surface area contributed by atoms with Crippen molar-refractivity contribution in [1.29, 1.82) is 0 Å². The van der Waals surface area contributed by atoms with Gasteiger partial charge in [0.2, 0.25) is 0 Å². The molecule has 1 N–H and O–H groups in total. The molecule has 0 bridgehead atoms. The summed E-state index contributed by atoms with van der Waals surface area (Å²) < 4.78 is 6.46. The highest BCUT2D eigenvalue weighted by molar-refractivity contribution is 9.10. The largest absolute Gasteiger partial charge is 0.493 e. The number of aryl methyl sites for hydroxylation is 1. The Balaban J connectivity index is 1.85. The van der Waals surface area contributed by atoms with Gasteiger partial charge in [-0.05, 0) is 43.7 Å². The summed E-state index contributed by atoms with van der Waals surface area (Å²) in [5.41, 5.74) is 2.99. The van der Waals surface area contributed by atoms with E-state index in [0.29, 0.717) is 12.4 Å². The SMILES string of the molecule is CCOc1ccc(Br)cc1/C=C1/NC(=O)N(Cc2ccc(C)cc2)C1=O. The van der Waals surface area contributed by atoms with Crippen LogP contribution in [0.25, 0.3) is 6.08 Å². The molecule has 2 aromatic rings. The van der Waals surface area contributed by atoms with Crippen LogP contribution in [0.1, 0.15) is 23.6 Å². The number of hydrogen-bond acceptors (Lipinski definition) is 3. The van der Waals surface area contributed by atoms with Gasteiger partial charge in [0.25, 0.3) is 5.91 Å². The normalized spacial score (nSPS) is 15.5. The first-order valence-corrected chi connectivity index (χ1v) is 9.09. The van der Waals surface area contributed by atoms with E-state index in [-0.39, 0.29) is 18.1 Å². The topological polar surface area (TPSA) is 58.6 Å². The second-order valence-corrected chi connectivity index (χ2v) is 6.90. The Hall–Kier alpha value is -2.60. The van der Waals surface area contributed by atoms with Crippen LogP contribution < -0.4 is 10.1 Å². The first kappa shape index (κ1) is 18.2. The summed E-state index contributed by atoms with van der Waals surface area (Å²) in [5.74, 6) is 0.306. The van der Waals surface area contributed by atoms with E-state index in [4.69, 9.17) is 4.74 Å². The van der Waals surface area contributed by atoms with E-state index in [9.17, 15) is 9.59 Å². The van der Waals surface area contributed by atoms with Crippen LogP contribution in [0.3, 0.4) is 0 Å². The minimum Gasteiger partial charge on any atom is -0.493 e. The maximum Gasteiger partial charge on any atom is 0.329 e. The lowest BCUT2D eigenvalue weighted by Crippen LogP contribution is -2.30. The number of benzene rings is 2. The van der Waals surface area contributed by atoms with Crippen LogP contribution in [0.15, 0.2) is 52.6 Å². The van der Waals surface area contributed by atoms with Gasteiger partial charge in [0.15, 0.2) is 0 Å². The molecule has 0 spiro atoms. The number of hydrogen-bond donors (Lipinski definition) is 1. The molecule has 0 aromatic heterocycles. The molecule has 2 aromatic carbocycles. The molecule has 134 valence electrons. The molecule has 6 heteroatoms. The van der Waals surface area contributed by atoms with Crippen molar-refractivity contribution in [2.75, 3.05) is 6.61 Å². The second-order valence-electron chi connectivity index (χ2n) is 5.98. The van der Waals surface area contributed by atoms with Crippen molar-refractivity contribution in [3.05, 3.63) is 69.3 Å². The number of carbonyl (C=O) groups excluding carboxylic acids is 2. The zero-order valence-electron chi connectivity index (χ0n) is 14.6. The Morgan fingerprint density at radius 2 is 1.88 bits per heavy atom. The number of urea groups is 1. The maximum atomic E-state index is 12.7. The second kappa shape index (κ2) is 7.74. The molecule has 1 saturated heterocycles. The lowest BCUT2D eigenvalue weighted by atomic mass is 10.1. The Morgan fingerprint density at radius 1 is 1.15 bits per heavy atom.